The normalized spacial score (nSPS) is 19.9. The summed E-state index contributed by atoms with van der Waals surface area (Å²) in [4.78, 5) is 27.5. The first kappa shape index (κ1) is 29.2. The van der Waals surface area contributed by atoms with E-state index >= 15 is 0 Å². The molecule has 0 bridgehead atoms. The Hall–Kier alpha value is -3.31. The van der Waals surface area contributed by atoms with Gasteiger partial charge in [-0.1, -0.05) is 63.6 Å². The first-order valence-electron chi connectivity index (χ1n) is 14.4. The quantitative estimate of drug-likeness (QED) is 0.296. The molecule has 0 amide bonds. The maximum absolute atomic E-state index is 13.8. The van der Waals surface area contributed by atoms with Gasteiger partial charge < -0.3 is 14.2 Å². The highest BCUT2D eigenvalue weighted by Gasteiger charge is 2.48. The molecule has 5 nitrogen and oxygen atoms in total. The van der Waals surface area contributed by atoms with Crippen LogP contribution in [-0.4, -0.2) is 18.2 Å². The molecule has 2 aromatic carbocycles. The lowest BCUT2D eigenvalue weighted by atomic mass is 9.65. The molecule has 6 heteroatoms. The fourth-order valence-corrected chi connectivity index (χ4v) is 6.59. The van der Waals surface area contributed by atoms with E-state index in [4.69, 9.17) is 25.8 Å². The number of ether oxygens (including phenoxy) is 3. The van der Waals surface area contributed by atoms with Gasteiger partial charge >= 0.3 is 0 Å². The number of rotatable bonds is 8. The molecule has 0 spiro atoms. The zero-order valence-electron chi connectivity index (χ0n) is 24.7. The van der Waals surface area contributed by atoms with Gasteiger partial charge in [0.15, 0.2) is 23.1 Å². The van der Waals surface area contributed by atoms with E-state index in [9.17, 15) is 9.59 Å². The molecule has 0 aromatic heterocycles. The number of allylic oxidation sites excluding steroid dienone is 5. The van der Waals surface area contributed by atoms with E-state index in [2.05, 4.69) is 34.3 Å². The largest absolute Gasteiger partial charge is 0.490 e. The van der Waals surface area contributed by atoms with E-state index in [0.717, 1.165) is 16.7 Å². The molecule has 0 saturated carbocycles. The Morgan fingerprint density at radius 3 is 2.15 bits per heavy atom. The number of hydrogen-bond acceptors (Lipinski definition) is 5. The van der Waals surface area contributed by atoms with Gasteiger partial charge in [0, 0.05) is 53.3 Å². The summed E-state index contributed by atoms with van der Waals surface area (Å²) in [6.45, 7) is 15.0. The van der Waals surface area contributed by atoms with Crippen LogP contribution in [-0.2, 0) is 27.4 Å². The number of Topliss-reactive ketones (excluding diaryl/α,β-unsaturated/α-hetero) is 2. The third-order valence-electron chi connectivity index (χ3n) is 8.01. The lowest BCUT2D eigenvalue weighted by Crippen LogP contribution is -2.37. The number of benzene rings is 2. The van der Waals surface area contributed by atoms with Crippen LogP contribution in [0.2, 0.25) is 5.02 Å². The zero-order chi connectivity index (χ0) is 29.5. The van der Waals surface area contributed by atoms with Crippen molar-refractivity contribution in [1.82, 2.24) is 0 Å². The van der Waals surface area contributed by atoms with Crippen molar-refractivity contribution in [2.45, 2.75) is 79.2 Å². The zero-order valence-corrected chi connectivity index (χ0v) is 25.5. The van der Waals surface area contributed by atoms with Crippen molar-refractivity contribution in [3.05, 3.63) is 93.4 Å². The van der Waals surface area contributed by atoms with Crippen molar-refractivity contribution in [2.24, 2.45) is 10.8 Å². The SMILES string of the molecule is C=CCc1cc(C2C3=C(CC(C)(C)CC3=O)OC3=C2C(=O)CC(C)(C)C3)cc(OCC)c1OCc1cccc(Cl)c1. The number of carbonyl (C=O) groups excluding carboxylic acids is 2. The van der Waals surface area contributed by atoms with Crippen molar-refractivity contribution < 1.29 is 23.8 Å². The summed E-state index contributed by atoms with van der Waals surface area (Å²) in [6.07, 6.45) is 4.47. The van der Waals surface area contributed by atoms with Crippen molar-refractivity contribution in [1.29, 1.82) is 0 Å². The Morgan fingerprint density at radius 1 is 0.951 bits per heavy atom. The smallest absolute Gasteiger partial charge is 0.165 e. The molecule has 0 radical (unpaired) electrons. The second kappa shape index (κ2) is 11.2. The maximum Gasteiger partial charge on any atom is 0.165 e. The molecule has 216 valence electrons. The highest BCUT2D eigenvalue weighted by molar-refractivity contribution is 6.30. The maximum atomic E-state index is 13.8. The Labute approximate surface area is 248 Å². The summed E-state index contributed by atoms with van der Waals surface area (Å²) in [5, 5.41) is 0.645. The Morgan fingerprint density at radius 2 is 1.59 bits per heavy atom. The lowest BCUT2D eigenvalue weighted by molar-refractivity contribution is -0.120. The van der Waals surface area contributed by atoms with Gasteiger partial charge in [0.2, 0.25) is 0 Å². The van der Waals surface area contributed by atoms with Crippen LogP contribution in [0.25, 0.3) is 0 Å². The molecule has 5 rings (SSSR count). The summed E-state index contributed by atoms with van der Waals surface area (Å²) < 4.78 is 19.0. The van der Waals surface area contributed by atoms with Gasteiger partial charge in [0.05, 0.1) is 6.61 Å². The Kier molecular flexibility index (Phi) is 7.95. The van der Waals surface area contributed by atoms with Gasteiger partial charge in [-0.05, 0) is 53.5 Å². The molecule has 1 heterocycles. The minimum atomic E-state index is -0.509. The van der Waals surface area contributed by atoms with Gasteiger partial charge in [-0.15, -0.1) is 6.58 Å². The number of hydrogen-bond donors (Lipinski definition) is 0. The third-order valence-corrected chi connectivity index (χ3v) is 8.24. The monoisotopic (exact) mass is 574 g/mol. The fraction of sp³-hybridized carbons (Fsp3) is 0.429. The molecular formula is C35H39ClO5. The highest BCUT2D eigenvalue weighted by atomic mass is 35.5. The summed E-state index contributed by atoms with van der Waals surface area (Å²) in [6, 6.07) is 11.5. The van der Waals surface area contributed by atoms with Crippen LogP contribution < -0.4 is 9.47 Å². The highest BCUT2D eigenvalue weighted by Crippen LogP contribution is 2.54. The van der Waals surface area contributed by atoms with E-state index in [1.54, 1.807) is 0 Å². The minimum Gasteiger partial charge on any atom is -0.490 e. The van der Waals surface area contributed by atoms with Crippen LogP contribution in [0, 0.1) is 10.8 Å². The van der Waals surface area contributed by atoms with E-state index in [0.29, 0.717) is 84.5 Å². The van der Waals surface area contributed by atoms with Crippen molar-refractivity contribution in [2.75, 3.05) is 6.61 Å². The average molecular weight is 575 g/mol. The summed E-state index contributed by atoms with van der Waals surface area (Å²) in [7, 11) is 0. The van der Waals surface area contributed by atoms with Crippen molar-refractivity contribution >= 4 is 23.2 Å². The molecule has 1 aliphatic heterocycles. The summed E-state index contributed by atoms with van der Waals surface area (Å²) >= 11 is 6.20. The molecule has 3 aliphatic rings. The van der Waals surface area contributed by atoms with Gasteiger partial charge in [0.1, 0.15) is 18.1 Å². The van der Waals surface area contributed by atoms with Gasteiger partial charge in [-0.25, -0.2) is 0 Å². The van der Waals surface area contributed by atoms with Crippen molar-refractivity contribution in [3.63, 3.8) is 0 Å². The minimum absolute atomic E-state index is 0.0370. The van der Waals surface area contributed by atoms with Crippen molar-refractivity contribution in [3.8, 4) is 11.5 Å². The first-order valence-corrected chi connectivity index (χ1v) is 14.8. The second-order valence-corrected chi connectivity index (χ2v) is 13.4. The Bertz CT molecular complexity index is 1420. The molecule has 0 saturated heterocycles. The first-order chi connectivity index (χ1) is 19.4. The second-order valence-electron chi connectivity index (χ2n) is 12.9. The Balaban J connectivity index is 1.66. The molecule has 2 aliphatic carbocycles. The van der Waals surface area contributed by atoms with Gasteiger partial charge in [-0.2, -0.15) is 0 Å². The topological polar surface area (TPSA) is 61.8 Å². The lowest BCUT2D eigenvalue weighted by Gasteiger charge is -2.42. The average Bonchev–Trinajstić information content (AvgIpc) is 2.85. The predicted molar refractivity (Wildman–Crippen MR) is 161 cm³/mol. The van der Waals surface area contributed by atoms with Gasteiger partial charge in [-0.3, -0.25) is 9.59 Å². The molecular weight excluding hydrogens is 536 g/mol. The van der Waals surface area contributed by atoms with E-state index in [1.807, 2.05) is 49.4 Å². The molecule has 0 atom stereocenters. The van der Waals surface area contributed by atoms with E-state index < -0.39 is 5.92 Å². The number of halogens is 1. The number of ketones is 2. The van der Waals surface area contributed by atoms with Crippen LogP contribution in [0.3, 0.4) is 0 Å². The number of carbonyl (C=O) groups is 2. The molecule has 0 fully saturated rings. The van der Waals surface area contributed by atoms with E-state index in [-0.39, 0.29) is 22.4 Å². The third kappa shape index (κ3) is 6.01. The molecule has 0 N–H and O–H groups in total. The predicted octanol–water partition coefficient (Wildman–Crippen LogP) is 8.45. The van der Waals surface area contributed by atoms with Crippen LogP contribution in [0.5, 0.6) is 11.5 Å². The van der Waals surface area contributed by atoms with E-state index in [1.165, 1.54) is 0 Å². The summed E-state index contributed by atoms with van der Waals surface area (Å²) in [5.74, 6) is 2.16. The fourth-order valence-electron chi connectivity index (χ4n) is 6.37. The van der Waals surface area contributed by atoms with Crippen LogP contribution >= 0.6 is 11.6 Å². The van der Waals surface area contributed by atoms with Gasteiger partial charge in [0.25, 0.3) is 0 Å². The molecule has 0 unspecified atom stereocenters. The molecule has 2 aromatic rings. The standard InChI is InChI=1S/C35H39ClO5/c1-7-10-22-14-23(15-27(39-8-2)33(22)40-20-21-11-9-12-24(36)13-21)30-31-25(37)16-34(3,4)18-28(31)41-29-19-35(5,6)17-26(38)32(29)30/h7,9,11-15,30H,1,8,10,16-20H2,2-6H3. The van der Waals surface area contributed by atoms with Crippen LogP contribution in [0.1, 0.15) is 82.9 Å². The molecule has 41 heavy (non-hydrogen) atoms. The summed E-state index contributed by atoms with van der Waals surface area (Å²) in [5.41, 5.74) is 3.44. The van der Waals surface area contributed by atoms with Crippen LogP contribution in [0.15, 0.2) is 71.7 Å². The van der Waals surface area contributed by atoms with Crippen LogP contribution in [0.4, 0.5) is 0 Å².